The van der Waals surface area contributed by atoms with Crippen LogP contribution in [0.25, 0.3) is 0 Å². The number of nitrogens with one attached hydrogen (secondary N) is 1. The quantitative estimate of drug-likeness (QED) is 0.726. The molecule has 2 nitrogen and oxygen atoms in total. The summed E-state index contributed by atoms with van der Waals surface area (Å²) >= 11 is 0. The maximum atomic E-state index is 3.68. The minimum absolute atomic E-state index is 0.284. The molecule has 1 unspecified atom stereocenters. The summed E-state index contributed by atoms with van der Waals surface area (Å²) in [7, 11) is 2.24. The Hall–Kier alpha value is -0.860. The molecule has 0 aromatic heterocycles. The van der Waals surface area contributed by atoms with Crippen LogP contribution in [0.15, 0.2) is 30.3 Å². The van der Waals surface area contributed by atoms with E-state index in [0.717, 1.165) is 19.5 Å². The maximum absolute atomic E-state index is 3.68. The van der Waals surface area contributed by atoms with E-state index in [1.54, 1.807) is 0 Å². The van der Waals surface area contributed by atoms with Crippen LogP contribution in [0.2, 0.25) is 0 Å². The van der Waals surface area contributed by atoms with Gasteiger partial charge in [0.05, 0.1) is 0 Å². The van der Waals surface area contributed by atoms with Crippen LogP contribution in [-0.4, -0.2) is 30.6 Å². The van der Waals surface area contributed by atoms with Crippen LogP contribution >= 0.6 is 0 Å². The predicted octanol–water partition coefficient (Wildman–Crippen LogP) is 4.24. The van der Waals surface area contributed by atoms with Crippen molar-refractivity contribution in [1.82, 2.24) is 10.2 Å². The van der Waals surface area contributed by atoms with Gasteiger partial charge < -0.3 is 10.2 Å². The first kappa shape index (κ1) is 17.2. The molecule has 20 heavy (non-hydrogen) atoms. The van der Waals surface area contributed by atoms with Crippen molar-refractivity contribution in [2.45, 2.75) is 58.5 Å². The van der Waals surface area contributed by atoms with Crippen LogP contribution in [0.5, 0.6) is 0 Å². The van der Waals surface area contributed by atoms with E-state index in [-0.39, 0.29) is 5.54 Å². The van der Waals surface area contributed by atoms with E-state index < -0.39 is 0 Å². The lowest BCUT2D eigenvalue weighted by Crippen LogP contribution is -2.42. The number of benzene rings is 1. The van der Waals surface area contributed by atoms with Crippen molar-refractivity contribution in [2.24, 2.45) is 0 Å². The normalized spacial score (nSPS) is 13.7. The molecule has 0 heterocycles. The third kappa shape index (κ3) is 5.26. The summed E-state index contributed by atoms with van der Waals surface area (Å²) in [5.74, 6) is 0. The second kappa shape index (κ2) is 8.43. The van der Waals surface area contributed by atoms with Gasteiger partial charge in [-0.3, -0.25) is 0 Å². The fourth-order valence-corrected chi connectivity index (χ4v) is 2.29. The molecular formula is C18H32N2. The zero-order chi connectivity index (χ0) is 15.0. The van der Waals surface area contributed by atoms with Crippen LogP contribution in [0.3, 0.4) is 0 Å². The Morgan fingerprint density at radius 3 is 2.35 bits per heavy atom. The topological polar surface area (TPSA) is 15.3 Å². The summed E-state index contributed by atoms with van der Waals surface area (Å²) in [5, 5.41) is 3.68. The van der Waals surface area contributed by atoms with E-state index >= 15 is 0 Å². The van der Waals surface area contributed by atoms with Crippen molar-refractivity contribution in [2.75, 3.05) is 20.1 Å². The van der Waals surface area contributed by atoms with Crippen LogP contribution < -0.4 is 5.32 Å². The Morgan fingerprint density at radius 2 is 1.80 bits per heavy atom. The molecule has 0 radical (unpaired) electrons. The number of hydrogen-bond donors (Lipinski definition) is 1. The molecule has 1 N–H and O–H groups in total. The number of nitrogens with zero attached hydrogens (tertiary/aromatic N) is 1. The maximum Gasteiger partial charge on any atom is 0.0332 e. The summed E-state index contributed by atoms with van der Waals surface area (Å²) in [5.41, 5.74) is 1.69. The first-order valence-electron chi connectivity index (χ1n) is 8.00. The van der Waals surface area contributed by atoms with E-state index in [9.17, 15) is 0 Å². The zero-order valence-electron chi connectivity index (χ0n) is 13.9. The van der Waals surface area contributed by atoms with Crippen molar-refractivity contribution < 1.29 is 0 Å². The van der Waals surface area contributed by atoms with Gasteiger partial charge in [0.25, 0.3) is 0 Å². The second-order valence-electron chi connectivity index (χ2n) is 6.29. The lowest BCUT2D eigenvalue weighted by Gasteiger charge is -2.36. The molecule has 2 heteroatoms. The van der Waals surface area contributed by atoms with Gasteiger partial charge in [-0.1, -0.05) is 44.2 Å². The average Bonchev–Trinajstić information content (AvgIpc) is 2.48. The highest BCUT2D eigenvalue weighted by Gasteiger charge is 2.22. The highest BCUT2D eigenvalue weighted by Crippen LogP contribution is 2.21. The molecular weight excluding hydrogens is 244 g/mol. The van der Waals surface area contributed by atoms with Gasteiger partial charge in [0.1, 0.15) is 0 Å². The molecule has 0 saturated carbocycles. The second-order valence-corrected chi connectivity index (χ2v) is 6.29. The first-order valence-corrected chi connectivity index (χ1v) is 8.00. The van der Waals surface area contributed by atoms with Gasteiger partial charge >= 0.3 is 0 Å². The molecule has 1 atom stereocenters. The molecule has 0 aliphatic heterocycles. The largest absolute Gasteiger partial charge is 0.310 e. The van der Waals surface area contributed by atoms with Crippen molar-refractivity contribution in [3.8, 4) is 0 Å². The molecule has 1 aromatic rings. The van der Waals surface area contributed by atoms with Crippen LogP contribution in [-0.2, 0) is 0 Å². The Labute approximate surface area is 125 Å². The summed E-state index contributed by atoms with van der Waals surface area (Å²) in [6.45, 7) is 11.3. The van der Waals surface area contributed by atoms with Gasteiger partial charge in [-0.25, -0.2) is 0 Å². The van der Waals surface area contributed by atoms with Crippen LogP contribution in [0, 0.1) is 0 Å². The van der Waals surface area contributed by atoms with Crippen molar-refractivity contribution in [3.05, 3.63) is 35.9 Å². The summed E-state index contributed by atoms with van der Waals surface area (Å²) in [6.07, 6.45) is 3.52. The summed E-state index contributed by atoms with van der Waals surface area (Å²) in [6, 6.07) is 11.3. The highest BCUT2D eigenvalue weighted by atomic mass is 15.2. The smallest absolute Gasteiger partial charge is 0.0332 e. The standard InChI is InChI=1S/C18H32N2/c1-6-14-19-17(16-11-9-8-10-12-16)13-15-20(5)18(3,4)7-2/h8-12,17,19H,6-7,13-15H2,1-5H3. The Bertz CT molecular complexity index is 359. The number of rotatable bonds is 9. The van der Waals surface area contributed by atoms with Gasteiger partial charge in [0.2, 0.25) is 0 Å². The van der Waals surface area contributed by atoms with Crippen molar-refractivity contribution in [1.29, 1.82) is 0 Å². The Balaban J connectivity index is 2.62. The molecule has 1 aromatic carbocycles. The van der Waals surface area contributed by atoms with E-state index in [4.69, 9.17) is 0 Å². The molecule has 0 fully saturated rings. The lowest BCUT2D eigenvalue weighted by molar-refractivity contribution is 0.144. The zero-order valence-corrected chi connectivity index (χ0v) is 13.9. The molecule has 0 aliphatic rings. The number of hydrogen-bond acceptors (Lipinski definition) is 2. The SMILES string of the molecule is CCCNC(CCN(C)C(C)(C)CC)c1ccccc1. The molecule has 0 saturated heterocycles. The Morgan fingerprint density at radius 1 is 1.15 bits per heavy atom. The van der Waals surface area contributed by atoms with Gasteiger partial charge in [-0.05, 0) is 52.3 Å². The van der Waals surface area contributed by atoms with Gasteiger partial charge in [0.15, 0.2) is 0 Å². The fraction of sp³-hybridized carbons (Fsp3) is 0.667. The molecule has 114 valence electrons. The lowest BCUT2D eigenvalue weighted by atomic mass is 9.98. The first-order chi connectivity index (χ1) is 9.51. The van der Waals surface area contributed by atoms with E-state index in [1.165, 1.54) is 18.4 Å². The molecule has 0 bridgehead atoms. The Kier molecular flexibility index (Phi) is 7.25. The minimum atomic E-state index is 0.284. The predicted molar refractivity (Wildman–Crippen MR) is 89.1 cm³/mol. The van der Waals surface area contributed by atoms with Crippen molar-refractivity contribution in [3.63, 3.8) is 0 Å². The van der Waals surface area contributed by atoms with Crippen LogP contribution in [0.4, 0.5) is 0 Å². The molecule has 1 rings (SSSR count). The van der Waals surface area contributed by atoms with Gasteiger partial charge in [0, 0.05) is 18.1 Å². The van der Waals surface area contributed by atoms with Gasteiger partial charge in [-0.15, -0.1) is 0 Å². The molecule has 0 spiro atoms. The van der Waals surface area contributed by atoms with Crippen LogP contribution in [0.1, 0.15) is 58.6 Å². The monoisotopic (exact) mass is 276 g/mol. The van der Waals surface area contributed by atoms with E-state index in [2.05, 4.69) is 75.3 Å². The molecule has 0 aliphatic carbocycles. The third-order valence-electron chi connectivity index (χ3n) is 4.49. The fourth-order valence-electron chi connectivity index (χ4n) is 2.29. The van der Waals surface area contributed by atoms with E-state index in [1.807, 2.05) is 0 Å². The summed E-state index contributed by atoms with van der Waals surface area (Å²) in [4.78, 5) is 2.48. The highest BCUT2D eigenvalue weighted by molar-refractivity contribution is 5.18. The average molecular weight is 276 g/mol. The minimum Gasteiger partial charge on any atom is -0.310 e. The van der Waals surface area contributed by atoms with E-state index in [0.29, 0.717) is 6.04 Å². The molecule has 0 amide bonds. The van der Waals surface area contributed by atoms with Crippen molar-refractivity contribution >= 4 is 0 Å². The van der Waals surface area contributed by atoms with Gasteiger partial charge in [-0.2, -0.15) is 0 Å². The third-order valence-corrected chi connectivity index (χ3v) is 4.49. The summed E-state index contributed by atoms with van der Waals surface area (Å²) < 4.78 is 0.